The van der Waals surface area contributed by atoms with Gasteiger partial charge >= 0.3 is 5.97 Å². The number of hydrogen-bond donors (Lipinski definition) is 3. The van der Waals surface area contributed by atoms with Crippen molar-refractivity contribution in [3.8, 4) is 0 Å². The molecule has 4 N–H and O–H groups in total. The second-order valence-corrected chi connectivity index (χ2v) is 4.29. The summed E-state index contributed by atoms with van der Waals surface area (Å²) in [6, 6.07) is -1.06. The number of hydrogen-bond acceptors (Lipinski definition) is 4. The first-order valence-electron chi connectivity index (χ1n) is 5.90. The van der Waals surface area contributed by atoms with Crippen LogP contribution in [-0.2, 0) is 19.1 Å². The highest BCUT2D eigenvalue weighted by atomic mass is 16.5. The van der Waals surface area contributed by atoms with Gasteiger partial charge in [-0.15, -0.1) is 0 Å². The van der Waals surface area contributed by atoms with Crippen LogP contribution in [0.4, 0.5) is 0 Å². The highest BCUT2D eigenvalue weighted by Crippen LogP contribution is 2.15. The molecule has 1 fully saturated rings. The lowest BCUT2D eigenvalue weighted by molar-refractivity contribution is -0.143. The first-order valence-corrected chi connectivity index (χ1v) is 5.90. The predicted molar refractivity (Wildman–Crippen MR) is 61.5 cm³/mol. The second kappa shape index (κ2) is 6.95. The van der Waals surface area contributed by atoms with Crippen molar-refractivity contribution in [3.05, 3.63) is 0 Å². The first-order chi connectivity index (χ1) is 8.50. The quantitative estimate of drug-likeness (QED) is 0.579. The van der Waals surface area contributed by atoms with Gasteiger partial charge in [-0.3, -0.25) is 9.59 Å². The van der Waals surface area contributed by atoms with E-state index >= 15 is 0 Å². The molecule has 0 aromatic heterocycles. The highest BCUT2D eigenvalue weighted by molar-refractivity contribution is 5.85. The Morgan fingerprint density at radius 1 is 1.33 bits per heavy atom. The Bertz CT molecular complexity index is 325. The van der Waals surface area contributed by atoms with Gasteiger partial charge in [0.1, 0.15) is 6.04 Å². The van der Waals surface area contributed by atoms with Gasteiger partial charge in [0.05, 0.1) is 0 Å². The van der Waals surface area contributed by atoms with Crippen molar-refractivity contribution in [2.75, 3.05) is 13.2 Å². The van der Waals surface area contributed by atoms with Crippen molar-refractivity contribution in [2.45, 2.75) is 31.7 Å². The standard InChI is InChI=1S/C11H18N2O5/c12-9(14)2-1-8(11(16)17)13-10(15)7-3-5-18-6-4-7/h7-8H,1-6H2,(H2,12,14)(H,13,15)(H,16,17). The Labute approximate surface area is 105 Å². The number of carboxylic acid groups (broad SMARTS) is 1. The maximum atomic E-state index is 11.8. The zero-order chi connectivity index (χ0) is 13.5. The number of amides is 2. The van der Waals surface area contributed by atoms with Gasteiger partial charge in [-0.2, -0.15) is 0 Å². The second-order valence-electron chi connectivity index (χ2n) is 4.29. The van der Waals surface area contributed by atoms with Crippen LogP contribution in [0.5, 0.6) is 0 Å². The summed E-state index contributed by atoms with van der Waals surface area (Å²) in [6.07, 6.45) is 1.13. The van der Waals surface area contributed by atoms with E-state index in [1.165, 1.54) is 0 Å². The van der Waals surface area contributed by atoms with Crippen molar-refractivity contribution in [2.24, 2.45) is 11.7 Å². The van der Waals surface area contributed by atoms with Crippen LogP contribution in [0.1, 0.15) is 25.7 Å². The number of aliphatic carboxylic acids is 1. The monoisotopic (exact) mass is 258 g/mol. The van der Waals surface area contributed by atoms with Crippen LogP contribution in [0.15, 0.2) is 0 Å². The predicted octanol–water partition coefficient (Wildman–Crippen LogP) is -0.752. The summed E-state index contributed by atoms with van der Waals surface area (Å²) < 4.78 is 5.12. The molecule has 1 unspecified atom stereocenters. The minimum atomic E-state index is -1.16. The van der Waals surface area contributed by atoms with Gasteiger partial charge in [0.25, 0.3) is 0 Å². The molecule has 1 aliphatic heterocycles. The molecule has 7 nitrogen and oxygen atoms in total. The molecule has 102 valence electrons. The zero-order valence-corrected chi connectivity index (χ0v) is 10.1. The van der Waals surface area contributed by atoms with Gasteiger partial charge < -0.3 is 20.9 Å². The molecular formula is C11H18N2O5. The van der Waals surface area contributed by atoms with Gasteiger partial charge in [-0.1, -0.05) is 0 Å². The van der Waals surface area contributed by atoms with Gasteiger partial charge in [0, 0.05) is 25.6 Å². The van der Waals surface area contributed by atoms with E-state index in [9.17, 15) is 14.4 Å². The average molecular weight is 258 g/mol. The fraction of sp³-hybridized carbons (Fsp3) is 0.727. The summed E-state index contributed by atoms with van der Waals surface area (Å²) in [4.78, 5) is 33.4. The van der Waals surface area contributed by atoms with E-state index in [1.54, 1.807) is 0 Å². The number of nitrogens with two attached hydrogens (primary N) is 1. The van der Waals surface area contributed by atoms with Crippen molar-refractivity contribution in [1.29, 1.82) is 0 Å². The summed E-state index contributed by atoms with van der Waals surface area (Å²) in [5, 5.41) is 11.4. The number of primary amides is 1. The molecule has 0 spiro atoms. The molecule has 0 saturated carbocycles. The van der Waals surface area contributed by atoms with Crippen LogP contribution in [-0.4, -0.2) is 42.1 Å². The topological polar surface area (TPSA) is 119 Å². The molecule has 0 aromatic rings. The van der Waals surface area contributed by atoms with E-state index in [-0.39, 0.29) is 24.7 Å². The molecule has 0 aliphatic carbocycles. The van der Waals surface area contributed by atoms with E-state index < -0.39 is 17.9 Å². The summed E-state index contributed by atoms with van der Waals surface area (Å²) >= 11 is 0. The summed E-state index contributed by atoms with van der Waals surface area (Å²) in [5.41, 5.74) is 4.95. The number of ether oxygens (including phenoxy) is 1. The molecule has 7 heteroatoms. The molecule has 1 atom stereocenters. The Morgan fingerprint density at radius 2 is 1.94 bits per heavy atom. The SMILES string of the molecule is NC(=O)CCC(NC(=O)C1CCOCC1)C(=O)O. The van der Waals surface area contributed by atoms with E-state index in [0.29, 0.717) is 26.1 Å². The lowest BCUT2D eigenvalue weighted by Gasteiger charge is -2.23. The van der Waals surface area contributed by atoms with E-state index in [1.807, 2.05) is 0 Å². The van der Waals surface area contributed by atoms with Crippen LogP contribution >= 0.6 is 0 Å². The molecular weight excluding hydrogens is 240 g/mol. The molecule has 0 radical (unpaired) electrons. The molecule has 18 heavy (non-hydrogen) atoms. The van der Waals surface area contributed by atoms with Gasteiger partial charge in [0.2, 0.25) is 11.8 Å². The largest absolute Gasteiger partial charge is 0.480 e. The molecule has 0 bridgehead atoms. The maximum Gasteiger partial charge on any atom is 0.326 e. The average Bonchev–Trinajstić information content (AvgIpc) is 2.34. The lowest BCUT2D eigenvalue weighted by atomic mass is 9.98. The fourth-order valence-corrected chi connectivity index (χ4v) is 1.79. The van der Waals surface area contributed by atoms with Crippen LogP contribution in [0.2, 0.25) is 0 Å². The van der Waals surface area contributed by atoms with Crippen LogP contribution in [0, 0.1) is 5.92 Å². The number of carbonyl (C=O) groups is 3. The Hall–Kier alpha value is -1.63. The number of rotatable bonds is 6. The molecule has 1 rings (SSSR count). The minimum Gasteiger partial charge on any atom is -0.480 e. The Balaban J connectivity index is 2.46. The maximum absolute atomic E-state index is 11.8. The van der Waals surface area contributed by atoms with Crippen LogP contribution in [0.3, 0.4) is 0 Å². The minimum absolute atomic E-state index is 0.0135. The highest BCUT2D eigenvalue weighted by Gasteiger charge is 2.26. The number of carbonyl (C=O) groups excluding carboxylic acids is 2. The summed E-state index contributed by atoms with van der Waals surface area (Å²) in [7, 11) is 0. The third kappa shape index (κ3) is 4.70. The molecule has 0 aromatic carbocycles. The summed E-state index contributed by atoms with van der Waals surface area (Å²) in [5.74, 6) is -2.25. The summed E-state index contributed by atoms with van der Waals surface area (Å²) in [6.45, 7) is 1.02. The lowest BCUT2D eigenvalue weighted by Crippen LogP contribution is -2.45. The molecule has 2 amide bonds. The smallest absolute Gasteiger partial charge is 0.326 e. The Morgan fingerprint density at radius 3 is 2.44 bits per heavy atom. The van der Waals surface area contributed by atoms with E-state index in [0.717, 1.165) is 0 Å². The molecule has 1 aliphatic rings. The molecule has 1 saturated heterocycles. The number of carboxylic acids is 1. The molecule has 1 heterocycles. The van der Waals surface area contributed by atoms with Gasteiger partial charge in [-0.05, 0) is 19.3 Å². The number of nitrogens with one attached hydrogen (secondary N) is 1. The van der Waals surface area contributed by atoms with Gasteiger partial charge in [0.15, 0.2) is 0 Å². The van der Waals surface area contributed by atoms with Crippen molar-refractivity contribution < 1.29 is 24.2 Å². The first kappa shape index (κ1) is 14.4. The normalized spacial score (nSPS) is 18.0. The third-order valence-electron chi connectivity index (χ3n) is 2.89. The van der Waals surface area contributed by atoms with E-state index in [4.69, 9.17) is 15.6 Å². The van der Waals surface area contributed by atoms with Crippen molar-refractivity contribution >= 4 is 17.8 Å². The van der Waals surface area contributed by atoms with Gasteiger partial charge in [-0.25, -0.2) is 4.79 Å². The van der Waals surface area contributed by atoms with Crippen LogP contribution < -0.4 is 11.1 Å². The zero-order valence-electron chi connectivity index (χ0n) is 10.1. The third-order valence-corrected chi connectivity index (χ3v) is 2.89. The van der Waals surface area contributed by atoms with Crippen LogP contribution in [0.25, 0.3) is 0 Å². The Kier molecular flexibility index (Phi) is 5.57. The van der Waals surface area contributed by atoms with Crippen molar-refractivity contribution in [1.82, 2.24) is 5.32 Å². The van der Waals surface area contributed by atoms with E-state index in [2.05, 4.69) is 5.32 Å². The fourth-order valence-electron chi connectivity index (χ4n) is 1.79. The van der Waals surface area contributed by atoms with Crippen molar-refractivity contribution in [3.63, 3.8) is 0 Å².